The molecule has 10 heteroatoms. The topological polar surface area (TPSA) is 120 Å². The van der Waals surface area contributed by atoms with Gasteiger partial charge in [0.1, 0.15) is 17.2 Å². The van der Waals surface area contributed by atoms with E-state index < -0.39 is 17.6 Å². The summed E-state index contributed by atoms with van der Waals surface area (Å²) in [5.41, 5.74) is 6.44. The molecule has 9 nitrogen and oxygen atoms in total. The van der Waals surface area contributed by atoms with Crippen molar-refractivity contribution in [1.29, 1.82) is 0 Å². The number of amides is 2. The zero-order chi connectivity index (χ0) is 23.7. The number of carbonyl (C=O) groups is 2. The number of benzene rings is 2. The molecule has 3 aromatic rings. The number of nitrogens with two attached hydrogens (primary N) is 1. The monoisotopic (exact) mass is 463 g/mol. The maximum Gasteiger partial charge on any atom is 0.259 e. The van der Waals surface area contributed by atoms with E-state index in [9.17, 15) is 14.0 Å². The fraction of sp³-hybridized carbons (Fsp3) is 0.250. The van der Waals surface area contributed by atoms with E-state index in [1.807, 2.05) is 0 Å². The number of ether oxygens (including phenoxy) is 2. The van der Waals surface area contributed by atoms with Gasteiger partial charge in [-0.05, 0) is 43.2 Å². The first-order chi connectivity index (χ1) is 16.5. The van der Waals surface area contributed by atoms with Crippen molar-refractivity contribution in [1.82, 2.24) is 14.9 Å². The molecule has 5 rings (SSSR count). The minimum Gasteiger partial charge on any atom is -0.454 e. The molecule has 1 aromatic heterocycles. The van der Waals surface area contributed by atoms with Crippen molar-refractivity contribution >= 4 is 23.3 Å². The first-order valence-corrected chi connectivity index (χ1v) is 10.9. The van der Waals surface area contributed by atoms with Gasteiger partial charge in [0.15, 0.2) is 17.3 Å². The summed E-state index contributed by atoms with van der Waals surface area (Å²) >= 11 is 0. The molecular weight excluding hydrogens is 441 g/mol. The number of hydrogen-bond acceptors (Lipinski definition) is 7. The van der Waals surface area contributed by atoms with Crippen LogP contribution < -0.4 is 20.5 Å². The predicted molar refractivity (Wildman–Crippen MR) is 121 cm³/mol. The van der Waals surface area contributed by atoms with Crippen LogP contribution in [0.1, 0.15) is 23.2 Å². The molecule has 0 spiro atoms. The molecule has 3 heterocycles. The van der Waals surface area contributed by atoms with Crippen LogP contribution >= 0.6 is 0 Å². The second-order valence-electron chi connectivity index (χ2n) is 8.12. The molecule has 0 saturated carbocycles. The van der Waals surface area contributed by atoms with Crippen molar-refractivity contribution in [3.8, 4) is 22.9 Å². The number of nitrogens with one attached hydrogen (secondary N) is 1. The Morgan fingerprint density at radius 2 is 1.97 bits per heavy atom. The molecule has 174 valence electrons. The summed E-state index contributed by atoms with van der Waals surface area (Å²) in [5.74, 6) is -0.0320. The van der Waals surface area contributed by atoms with Gasteiger partial charge >= 0.3 is 0 Å². The van der Waals surface area contributed by atoms with E-state index in [1.54, 1.807) is 41.3 Å². The van der Waals surface area contributed by atoms with Gasteiger partial charge in [0.25, 0.3) is 5.91 Å². The second-order valence-corrected chi connectivity index (χ2v) is 8.12. The minimum absolute atomic E-state index is 0.134. The quantitative estimate of drug-likeness (QED) is 0.597. The number of para-hydroxylation sites is 1. The third-order valence-electron chi connectivity index (χ3n) is 5.89. The Balaban J connectivity index is 1.52. The first kappa shape index (κ1) is 21.6. The van der Waals surface area contributed by atoms with Gasteiger partial charge in [-0.15, -0.1) is 0 Å². The van der Waals surface area contributed by atoms with E-state index in [2.05, 4.69) is 15.3 Å². The molecule has 0 aliphatic carbocycles. The number of halogens is 1. The average molecular weight is 463 g/mol. The van der Waals surface area contributed by atoms with Crippen molar-refractivity contribution in [2.24, 2.45) is 11.7 Å². The average Bonchev–Trinajstić information content (AvgIpc) is 3.33. The summed E-state index contributed by atoms with van der Waals surface area (Å²) in [6, 6.07) is 11.4. The fourth-order valence-electron chi connectivity index (χ4n) is 4.06. The van der Waals surface area contributed by atoms with Crippen LogP contribution in [-0.4, -0.2) is 46.6 Å². The third kappa shape index (κ3) is 4.21. The number of rotatable bonds is 5. The molecule has 1 saturated heterocycles. The number of piperidine rings is 1. The lowest BCUT2D eigenvalue weighted by atomic mass is 9.97. The number of primary amides is 1. The van der Waals surface area contributed by atoms with Crippen molar-refractivity contribution < 1.29 is 23.5 Å². The van der Waals surface area contributed by atoms with E-state index in [4.69, 9.17) is 15.2 Å². The van der Waals surface area contributed by atoms with Crippen molar-refractivity contribution in [3.63, 3.8) is 0 Å². The Hall–Kier alpha value is -4.21. The molecule has 2 amide bonds. The lowest BCUT2D eigenvalue weighted by molar-refractivity contribution is -0.123. The van der Waals surface area contributed by atoms with Gasteiger partial charge in [-0.25, -0.2) is 14.4 Å². The Kier molecular flexibility index (Phi) is 5.70. The lowest BCUT2D eigenvalue weighted by Crippen LogP contribution is -2.44. The molecule has 2 aliphatic heterocycles. The van der Waals surface area contributed by atoms with E-state index in [0.29, 0.717) is 42.3 Å². The van der Waals surface area contributed by atoms with E-state index in [0.717, 1.165) is 0 Å². The van der Waals surface area contributed by atoms with Crippen molar-refractivity contribution in [2.45, 2.75) is 12.8 Å². The molecule has 34 heavy (non-hydrogen) atoms. The van der Waals surface area contributed by atoms with E-state index >= 15 is 0 Å². The van der Waals surface area contributed by atoms with Gasteiger partial charge in [0.05, 0.1) is 11.6 Å². The standard InChI is InChI=1S/C24H22FN5O4/c25-17-5-1-2-6-18(17)28-23-16(24(32)30-9-3-4-15(12-30)21(26)31)11-27-22(29-23)14-7-8-19-20(10-14)34-13-33-19/h1-2,5-8,10-11,15H,3-4,9,12-13H2,(H2,26,31)(H,27,28,29). The van der Waals surface area contributed by atoms with Gasteiger partial charge in [0, 0.05) is 24.8 Å². The van der Waals surface area contributed by atoms with E-state index in [-0.39, 0.29) is 36.3 Å². The lowest BCUT2D eigenvalue weighted by Gasteiger charge is -2.31. The van der Waals surface area contributed by atoms with E-state index in [1.165, 1.54) is 12.3 Å². The van der Waals surface area contributed by atoms with Crippen LogP contribution in [0.5, 0.6) is 11.5 Å². The highest BCUT2D eigenvalue weighted by Gasteiger charge is 2.29. The highest BCUT2D eigenvalue weighted by Crippen LogP contribution is 2.35. The molecule has 0 radical (unpaired) electrons. The van der Waals surface area contributed by atoms with Crippen LogP contribution in [0, 0.1) is 11.7 Å². The van der Waals surface area contributed by atoms with Crippen LogP contribution in [0.2, 0.25) is 0 Å². The fourth-order valence-corrected chi connectivity index (χ4v) is 4.06. The van der Waals surface area contributed by atoms with Gasteiger partial charge in [-0.2, -0.15) is 0 Å². The summed E-state index contributed by atoms with van der Waals surface area (Å²) in [4.78, 5) is 35.6. The number of aromatic nitrogens is 2. The third-order valence-corrected chi connectivity index (χ3v) is 5.89. The number of anilines is 2. The Morgan fingerprint density at radius 3 is 2.79 bits per heavy atom. The molecule has 3 N–H and O–H groups in total. The van der Waals surface area contributed by atoms with Crippen LogP contribution in [0.25, 0.3) is 11.4 Å². The van der Waals surface area contributed by atoms with Crippen molar-refractivity contribution in [2.75, 3.05) is 25.2 Å². The molecule has 1 unspecified atom stereocenters. The Labute approximate surface area is 194 Å². The normalized spacial score (nSPS) is 16.9. The maximum absolute atomic E-state index is 14.4. The van der Waals surface area contributed by atoms with Crippen LogP contribution in [0.15, 0.2) is 48.7 Å². The first-order valence-electron chi connectivity index (χ1n) is 10.9. The van der Waals surface area contributed by atoms with Crippen molar-refractivity contribution in [3.05, 3.63) is 60.0 Å². The summed E-state index contributed by atoms with van der Waals surface area (Å²) < 4.78 is 25.2. The zero-order valence-electron chi connectivity index (χ0n) is 18.2. The summed E-state index contributed by atoms with van der Waals surface area (Å²) in [6.07, 6.45) is 2.71. The highest BCUT2D eigenvalue weighted by molar-refractivity contribution is 5.99. The second kappa shape index (κ2) is 8.97. The summed E-state index contributed by atoms with van der Waals surface area (Å²) in [7, 11) is 0. The number of fused-ring (bicyclic) bond motifs is 1. The zero-order valence-corrected chi connectivity index (χ0v) is 18.2. The van der Waals surface area contributed by atoms with Crippen LogP contribution in [0.4, 0.5) is 15.9 Å². The number of nitrogens with zero attached hydrogens (tertiary/aromatic N) is 3. The Morgan fingerprint density at radius 1 is 1.15 bits per heavy atom. The minimum atomic E-state index is -0.490. The molecular formula is C24H22FN5O4. The summed E-state index contributed by atoms with van der Waals surface area (Å²) in [5, 5.41) is 2.94. The van der Waals surface area contributed by atoms with Gasteiger partial charge in [0.2, 0.25) is 12.7 Å². The van der Waals surface area contributed by atoms with Gasteiger partial charge in [-0.3, -0.25) is 9.59 Å². The largest absolute Gasteiger partial charge is 0.454 e. The molecule has 2 aliphatic rings. The predicted octanol–water partition coefficient (Wildman–Crippen LogP) is 3.09. The number of likely N-dealkylation sites (tertiary alicyclic amines) is 1. The molecule has 2 aromatic carbocycles. The van der Waals surface area contributed by atoms with Crippen LogP contribution in [0.3, 0.4) is 0 Å². The maximum atomic E-state index is 14.4. The molecule has 1 fully saturated rings. The number of carbonyl (C=O) groups excluding carboxylic acids is 2. The smallest absolute Gasteiger partial charge is 0.259 e. The molecule has 0 bridgehead atoms. The highest BCUT2D eigenvalue weighted by atomic mass is 19.1. The molecule has 1 atom stereocenters. The SMILES string of the molecule is NC(=O)C1CCCN(C(=O)c2cnc(-c3ccc4c(c3)OCO4)nc2Nc2ccccc2F)C1. The van der Waals surface area contributed by atoms with Crippen LogP contribution in [-0.2, 0) is 4.79 Å². The summed E-state index contributed by atoms with van der Waals surface area (Å²) in [6.45, 7) is 0.832. The van der Waals surface area contributed by atoms with Gasteiger partial charge < -0.3 is 25.4 Å². The van der Waals surface area contributed by atoms with Gasteiger partial charge in [-0.1, -0.05) is 12.1 Å². The Bertz CT molecular complexity index is 1270. The number of hydrogen-bond donors (Lipinski definition) is 2.